The first-order valence-electron chi connectivity index (χ1n) is 9.15. The predicted molar refractivity (Wildman–Crippen MR) is 98.2 cm³/mol. The fourth-order valence-corrected chi connectivity index (χ4v) is 3.37. The SMILES string of the molecule is CC(C)(C)OC(=O)N1CCN(C(=O)C2CNNC2c2ccccc2)CC1. The summed E-state index contributed by atoms with van der Waals surface area (Å²) in [4.78, 5) is 28.7. The lowest BCUT2D eigenvalue weighted by molar-refractivity contribution is -0.137. The quantitative estimate of drug-likeness (QED) is 0.837. The lowest BCUT2D eigenvalue weighted by Gasteiger charge is -2.37. The number of amides is 2. The van der Waals surface area contributed by atoms with Crippen LogP contribution in [0.1, 0.15) is 32.4 Å². The maximum atomic E-state index is 13.0. The van der Waals surface area contributed by atoms with E-state index in [0.717, 1.165) is 5.56 Å². The second-order valence-corrected chi connectivity index (χ2v) is 7.81. The lowest BCUT2D eigenvalue weighted by Crippen LogP contribution is -2.53. The van der Waals surface area contributed by atoms with E-state index < -0.39 is 5.60 Å². The number of ether oxygens (including phenoxy) is 1. The largest absolute Gasteiger partial charge is 0.444 e. The molecular weight excluding hydrogens is 332 g/mol. The highest BCUT2D eigenvalue weighted by molar-refractivity contribution is 5.81. The van der Waals surface area contributed by atoms with Crippen molar-refractivity contribution in [2.45, 2.75) is 32.4 Å². The van der Waals surface area contributed by atoms with Gasteiger partial charge in [-0.1, -0.05) is 30.3 Å². The van der Waals surface area contributed by atoms with Crippen LogP contribution in [0.25, 0.3) is 0 Å². The molecule has 26 heavy (non-hydrogen) atoms. The minimum Gasteiger partial charge on any atom is -0.444 e. The van der Waals surface area contributed by atoms with Crippen LogP contribution in [0.4, 0.5) is 4.79 Å². The molecule has 2 heterocycles. The van der Waals surface area contributed by atoms with E-state index in [1.54, 1.807) is 4.90 Å². The van der Waals surface area contributed by atoms with Crippen LogP contribution in [-0.4, -0.2) is 60.1 Å². The Bertz CT molecular complexity index is 636. The third-order valence-corrected chi connectivity index (χ3v) is 4.70. The van der Waals surface area contributed by atoms with Crippen LogP contribution in [0.3, 0.4) is 0 Å². The van der Waals surface area contributed by atoms with Gasteiger partial charge in [0.15, 0.2) is 0 Å². The second-order valence-electron chi connectivity index (χ2n) is 7.81. The summed E-state index contributed by atoms with van der Waals surface area (Å²) in [5.41, 5.74) is 6.92. The van der Waals surface area contributed by atoms with E-state index >= 15 is 0 Å². The first kappa shape index (κ1) is 18.7. The Morgan fingerprint density at radius 2 is 1.65 bits per heavy atom. The van der Waals surface area contributed by atoms with Crippen LogP contribution in [0, 0.1) is 5.92 Å². The fraction of sp³-hybridized carbons (Fsp3) is 0.579. The highest BCUT2D eigenvalue weighted by Crippen LogP contribution is 2.26. The number of benzene rings is 1. The molecule has 2 amide bonds. The summed E-state index contributed by atoms with van der Waals surface area (Å²) in [5.74, 6) is -0.0225. The van der Waals surface area contributed by atoms with Gasteiger partial charge in [0.1, 0.15) is 5.60 Å². The third-order valence-electron chi connectivity index (χ3n) is 4.70. The van der Waals surface area contributed by atoms with E-state index in [4.69, 9.17) is 4.74 Å². The predicted octanol–water partition coefficient (Wildman–Crippen LogP) is 1.53. The van der Waals surface area contributed by atoms with Crippen molar-refractivity contribution in [1.82, 2.24) is 20.7 Å². The first-order valence-corrected chi connectivity index (χ1v) is 9.15. The zero-order valence-corrected chi connectivity index (χ0v) is 15.7. The number of hydrazine groups is 1. The maximum absolute atomic E-state index is 13.0. The van der Waals surface area contributed by atoms with Crippen molar-refractivity contribution in [1.29, 1.82) is 0 Å². The Labute approximate surface area is 154 Å². The molecule has 0 radical (unpaired) electrons. The molecule has 2 aliphatic rings. The van der Waals surface area contributed by atoms with Crippen molar-refractivity contribution in [3.8, 4) is 0 Å². The van der Waals surface area contributed by atoms with Crippen LogP contribution in [-0.2, 0) is 9.53 Å². The van der Waals surface area contributed by atoms with E-state index in [2.05, 4.69) is 10.9 Å². The first-order chi connectivity index (χ1) is 12.3. The van der Waals surface area contributed by atoms with E-state index in [1.165, 1.54) is 0 Å². The molecule has 2 saturated heterocycles. The van der Waals surface area contributed by atoms with Crippen molar-refractivity contribution < 1.29 is 14.3 Å². The van der Waals surface area contributed by atoms with Gasteiger partial charge in [-0.25, -0.2) is 10.2 Å². The minimum absolute atomic E-state index is 0.0346. The molecule has 0 aliphatic carbocycles. The van der Waals surface area contributed by atoms with Crippen LogP contribution in [0.5, 0.6) is 0 Å². The minimum atomic E-state index is -0.506. The number of hydrogen-bond acceptors (Lipinski definition) is 5. The summed E-state index contributed by atoms with van der Waals surface area (Å²) in [7, 11) is 0. The molecule has 0 aromatic heterocycles. The van der Waals surface area contributed by atoms with Gasteiger partial charge in [0, 0.05) is 32.7 Å². The maximum Gasteiger partial charge on any atom is 0.410 e. The molecule has 1 aromatic rings. The topological polar surface area (TPSA) is 73.9 Å². The fourth-order valence-electron chi connectivity index (χ4n) is 3.37. The number of carbonyl (C=O) groups is 2. The monoisotopic (exact) mass is 360 g/mol. The average Bonchev–Trinajstić information content (AvgIpc) is 3.10. The Kier molecular flexibility index (Phi) is 5.48. The highest BCUT2D eigenvalue weighted by atomic mass is 16.6. The summed E-state index contributed by atoms with van der Waals surface area (Å²) < 4.78 is 5.41. The molecule has 7 nitrogen and oxygen atoms in total. The van der Waals surface area contributed by atoms with E-state index in [0.29, 0.717) is 32.7 Å². The number of hydrogen-bond donors (Lipinski definition) is 2. The Hall–Kier alpha value is -2.12. The van der Waals surface area contributed by atoms with Crippen molar-refractivity contribution in [2.75, 3.05) is 32.7 Å². The molecular formula is C19H28N4O3. The summed E-state index contributed by atoms with van der Waals surface area (Å²) in [6.07, 6.45) is -0.309. The molecule has 7 heteroatoms. The molecule has 142 valence electrons. The van der Waals surface area contributed by atoms with Gasteiger partial charge in [0.25, 0.3) is 0 Å². The number of carbonyl (C=O) groups excluding carboxylic acids is 2. The summed E-state index contributed by atoms with van der Waals surface area (Å²) >= 11 is 0. The van der Waals surface area contributed by atoms with Crippen LogP contribution in [0.2, 0.25) is 0 Å². The molecule has 0 bridgehead atoms. The van der Waals surface area contributed by atoms with Gasteiger partial charge >= 0.3 is 6.09 Å². The molecule has 2 unspecified atom stereocenters. The molecule has 2 N–H and O–H groups in total. The lowest BCUT2D eigenvalue weighted by atomic mass is 9.93. The van der Waals surface area contributed by atoms with Crippen LogP contribution < -0.4 is 10.9 Å². The molecule has 2 fully saturated rings. The van der Waals surface area contributed by atoms with Crippen molar-refractivity contribution in [3.63, 3.8) is 0 Å². The molecule has 2 atom stereocenters. The van der Waals surface area contributed by atoms with Gasteiger partial charge < -0.3 is 14.5 Å². The molecule has 2 aliphatic heterocycles. The third kappa shape index (κ3) is 4.34. The average molecular weight is 360 g/mol. The Morgan fingerprint density at radius 3 is 2.27 bits per heavy atom. The van der Waals surface area contributed by atoms with Crippen molar-refractivity contribution in [2.24, 2.45) is 5.92 Å². The number of nitrogens with zero attached hydrogens (tertiary/aromatic N) is 2. The molecule has 3 rings (SSSR count). The van der Waals surface area contributed by atoms with Gasteiger partial charge in [0.05, 0.1) is 12.0 Å². The molecule has 0 saturated carbocycles. The van der Waals surface area contributed by atoms with E-state index in [1.807, 2.05) is 56.0 Å². The van der Waals surface area contributed by atoms with Crippen molar-refractivity contribution >= 4 is 12.0 Å². The van der Waals surface area contributed by atoms with Gasteiger partial charge in [-0.3, -0.25) is 10.2 Å². The van der Waals surface area contributed by atoms with Gasteiger partial charge in [-0.15, -0.1) is 0 Å². The Balaban J connectivity index is 1.57. The summed E-state index contributed by atoms with van der Waals surface area (Å²) in [5, 5.41) is 0. The highest BCUT2D eigenvalue weighted by Gasteiger charge is 2.38. The van der Waals surface area contributed by atoms with Crippen LogP contribution >= 0.6 is 0 Å². The van der Waals surface area contributed by atoms with Gasteiger partial charge in [-0.05, 0) is 26.3 Å². The number of nitrogens with one attached hydrogen (secondary N) is 2. The van der Waals surface area contributed by atoms with E-state index in [9.17, 15) is 9.59 Å². The molecule has 1 aromatic carbocycles. The zero-order chi connectivity index (χ0) is 18.7. The standard InChI is InChI=1S/C19H28N4O3/c1-19(2,3)26-18(25)23-11-9-22(10-12-23)17(24)15-13-20-21-16(15)14-7-5-4-6-8-14/h4-8,15-16,20-21H,9-13H2,1-3H3. The van der Waals surface area contributed by atoms with Gasteiger partial charge in [-0.2, -0.15) is 0 Å². The number of rotatable bonds is 2. The molecule has 0 spiro atoms. The normalized spacial score (nSPS) is 23.8. The van der Waals surface area contributed by atoms with Gasteiger partial charge in [0.2, 0.25) is 5.91 Å². The Morgan fingerprint density at radius 1 is 1.04 bits per heavy atom. The van der Waals surface area contributed by atoms with E-state index in [-0.39, 0.29) is 24.0 Å². The van der Waals surface area contributed by atoms with Crippen molar-refractivity contribution in [3.05, 3.63) is 35.9 Å². The summed E-state index contributed by atoms with van der Waals surface area (Å²) in [6.45, 7) is 8.25. The smallest absolute Gasteiger partial charge is 0.410 e. The van der Waals surface area contributed by atoms with Crippen LogP contribution in [0.15, 0.2) is 30.3 Å². The zero-order valence-electron chi connectivity index (χ0n) is 15.7. The summed E-state index contributed by atoms with van der Waals surface area (Å²) in [6, 6.07) is 9.97. The second kappa shape index (κ2) is 7.63. The number of piperazine rings is 1.